The van der Waals surface area contributed by atoms with Crippen molar-refractivity contribution in [1.82, 2.24) is 15.5 Å². The highest BCUT2D eigenvalue weighted by Crippen LogP contribution is 2.09. The number of hydrogen-bond acceptors (Lipinski definition) is 5. The van der Waals surface area contributed by atoms with Gasteiger partial charge in [0.1, 0.15) is 5.69 Å². The molecule has 1 aromatic rings. The molecule has 0 unspecified atom stereocenters. The fourth-order valence-corrected chi connectivity index (χ4v) is 1.22. The molecule has 1 rings (SSSR count). The van der Waals surface area contributed by atoms with Gasteiger partial charge in [0.15, 0.2) is 0 Å². The molecule has 7 nitrogen and oxygen atoms in total. The van der Waals surface area contributed by atoms with Crippen molar-refractivity contribution in [2.45, 2.75) is 18.9 Å². The number of aliphatic hydroxyl groups excluding tert-OH is 2. The topological polar surface area (TPSA) is 115 Å². The number of carbonyl (C=O) groups excluding carboxylic acids is 1. The van der Waals surface area contributed by atoms with Crippen molar-refractivity contribution in [3.8, 4) is 0 Å². The lowest BCUT2D eigenvalue weighted by Gasteiger charge is -2.29. The van der Waals surface area contributed by atoms with E-state index < -0.39 is 17.0 Å². The summed E-state index contributed by atoms with van der Waals surface area (Å²) >= 11 is 0. The van der Waals surface area contributed by atoms with Crippen molar-refractivity contribution < 1.29 is 15.0 Å². The van der Waals surface area contributed by atoms with E-state index >= 15 is 0 Å². The number of carbonyl (C=O) groups is 1. The zero-order valence-corrected chi connectivity index (χ0v) is 9.43. The molecule has 0 atom stereocenters. The standard InChI is InChI=1S/C10H15N3O4/c1-2-10(5-14,6-15)11-9(17)7-3-4-8(16)13-12-7/h3-4,14-15H,2,5-6H2,1H3,(H,11,17)(H,13,16). The van der Waals surface area contributed by atoms with E-state index in [4.69, 9.17) is 10.2 Å². The van der Waals surface area contributed by atoms with Crippen LogP contribution in [0.2, 0.25) is 0 Å². The maximum Gasteiger partial charge on any atom is 0.272 e. The Balaban J connectivity index is 2.84. The van der Waals surface area contributed by atoms with Crippen LogP contribution in [0.4, 0.5) is 0 Å². The summed E-state index contributed by atoms with van der Waals surface area (Å²) in [5, 5.41) is 26.5. The van der Waals surface area contributed by atoms with Crippen LogP contribution in [0.25, 0.3) is 0 Å². The number of amides is 1. The molecular formula is C10H15N3O4. The van der Waals surface area contributed by atoms with E-state index in [9.17, 15) is 9.59 Å². The van der Waals surface area contributed by atoms with Gasteiger partial charge in [-0.05, 0) is 12.5 Å². The Kier molecular flexibility index (Phi) is 4.36. The van der Waals surface area contributed by atoms with Crippen molar-refractivity contribution >= 4 is 5.91 Å². The molecule has 17 heavy (non-hydrogen) atoms. The van der Waals surface area contributed by atoms with E-state index in [0.29, 0.717) is 6.42 Å². The second kappa shape index (κ2) is 5.55. The number of aromatic amines is 1. The van der Waals surface area contributed by atoms with Crippen LogP contribution in [0.5, 0.6) is 0 Å². The van der Waals surface area contributed by atoms with Gasteiger partial charge < -0.3 is 15.5 Å². The fourth-order valence-electron chi connectivity index (χ4n) is 1.22. The minimum Gasteiger partial charge on any atom is -0.394 e. The van der Waals surface area contributed by atoms with E-state index in [1.54, 1.807) is 6.92 Å². The quantitative estimate of drug-likeness (QED) is 0.508. The second-order valence-corrected chi connectivity index (χ2v) is 3.71. The molecule has 0 radical (unpaired) electrons. The van der Waals surface area contributed by atoms with Crippen LogP contribution in [0.3, 0.4) is 0 Å². The van der Waals surface area contributed by atoms with Gasteiger partial charge in [-0.15, -0.1) is 0 Å². The SMILES string of the molecule is CCC(CO)(CO)NC(=O)c1ccc(=O)[nH]n1. The van der Waals surface area contributed by atoms with Crippen LogP contribution in [0, 0.1) is 0 Å². The van der Waals surface area contributed by atoms with Crippen molar-refractivity contribution in [3.63, 3.8) is 0 Å². The number of aromatic nitrogens is 2. The van der Waals surface area contributed by atoms with Gasteiger partial charge >= 0.3 is 0 Å². The molecule has 0 spiro atoms. The Labute approximate surface area is 97.5 Å². The predicted octanol–water partition coefficient (Wildman–Crippen LogP) is -1.37. The van der Waals surface area contributed by atoms with Gasteiger partial charge in [0.05, 0.1) is 18.8 Å². The first-order valence-corrected chi connectivity index (χ1v) is 5.17. The molecule has 1 amide bonds. The first kappa shape index (κ1) is 13.3. The molecule has 0 aromatic carbocycles. The Morgan fingerprint density at radius 3 is 2.53 bits per heavy atom. The lowest BCUT2D eigenvalue weighted by Crippen LogP contribution is -2.54. The third-order valence-electron chi connectivity index (χ3n) is 2.57. The highest BCUT2D eigenvalue weighted by molar-refractivity contribution is 5.92. The Hall–Kier alpha value is -1.73. The van der Waals surface area contributed by atoms with Gasteiger partial charge in [-0.25, -0.2) is 5.10 Å². The summed E-state index contributed by atoms with van der Waals surface area (Å²) in [6.07, 6.45) is 0.370. The molecule has 0 aliphatic heterocycles. The largest absolute Gasteiger partial charge is 0.394 e. The van der Waals surface area contributed by atoms with Crippen molar-refractivity contribution in [2.24, 2.45) is 0 Å². The summed E-state index contributed by atoms with van der Waals surface area (Å²) in [4.78, 5) is 22.5. The molecule has 1 aromatic heterocycles. The van der Waals surface area contributed by atoms with E-state index in [2.05, 4.69) is 15.5 Å². The molecule has 0 bridgehead atoms. The molecule has 7 heteroatoms. The van der Waals surface area contributed by atoms with Gasteiger partial charge in [0.2, 0.25) is 0 Å². The minimum atomic E-state index is -1.07. The second-order valence-electron chi connectivity index (χ2n) is 3.71. The fraction of sp³-hybridized carbons (Fsp3) is 0.500. The highest BCUT2D eigenvalue weighted by Gasteiger charge is 2.29. The van der Waals surface area contributed by atoms with Crippen LogP contribution in [0.1, 0.15) is 23.8 Å². The van der Waals surface area contributed by atoms with Crippen LogP contribution >= 0.6 is 0 Å². The summed E-state index contributed by atoms with van der Waals surface area (Å²) in [5.74, 6) is -0.564. The monoisotopic (exact) mass is 241 g/mol. The van der Waals surface area contributed by atoms with Gasteiger partial charge in [-0.3, -0.25) is 9.59 Å². The normalized spacial score (nSPS) is 11.2. The molecule has 94 valence electrons. The molecule has 0 saturated heterocycles. The predicted molar refractivity (Wildman–Crippen MR) is 59.5 cm³/mol. The first-order valence-electron chi connectivity index (χ1n) is 5.17. The molecule has 0 aliphatic rings. The zero-order valence-electron chi connectivity index (χ0n) is 9.43. The zero-order chi connectivity index (χ0) is 12.9. The van der Waals surface area contributed by atoms with E-state index in [-0.39, 0.29) is 18.9 Å². The van der Waals surface area contributed by atoms with Gasteiger partial charge in [-0.1, -0.05) is 6.92 Å². The number of nitrogens with zero attached hydrogens (tertiary/aromatic N) is 1. The van der Waals surface area contributed by atoms with E-state index in [0.717, 1.165) is 0 Å². The summed E-state index contributed by atoms with van der Waals surface area (Å²) in [6.45, 7) is 0.969. The Morgan fingerprint density at radius 1 is 1.47 bits per heavy atom. The molecule has 1 heterocycles. The average molecular weight is 241 g/mol. The number of rotatable bonds is 5. The van der Waals surface area contributed by atoms with Crippen LogP contribution in [-0.4, -0.2) is 45.1 Å². The van der Waals surface area contributed by atoms with E-state index in [1.807, 2.05) is 0 Å². The van der Waals surface area contributed by atoms with Gasteiger partial charge in [0, 0.05) is 6.07 Å². The van der Waals surface area contributed by atoms with Crippen LogP contribution < -0.4 is 10.9 Å². The summed E-state index contributed by atoms with van der Waals surface area (Å²) < 4.78 is 0. The number of hydrogen-bond donors (Lipinski definition) is 4. The lowest BCUT2D eigenvalue weighted by molar-refractivity contribution is 0.0648. The van der Waals surface area contributed by atoms with Gasteiger partial charge in [0.25, 0.3) is 11.5 Å². The van der Waals surface area contributed by atoms with Crippen molar-refractivity contribution in [3.05, 3.63) is 28.2 Å². The summed E-state index contributed by atoms with van der Waals surface area (Å²) in [5.41, 5.74) is -1.47. The number of H-pyrrole nitrogens is 1. The maximum atomic E-state index is 11.7. The minimum absolute atomic E-state index is 0.0179. The molecule has 0 fully saturated rings. The van der Waals surface area contributed by atoms with Crippen molar-refractivity contribution in [1.29, 1.82) is 0 Å². The number of nitrogens with one attached hydrogen (secondary N) is 2. The molecule has 0 saturated carbocycles. The number of aliphatic hydroxyl groups is 2. The van der Waals surface area contributed by atoms with E-state index in [1.165, 1.54) is 12.1 Å². The van der Waals surface area contributed by atoms with Crippen molar-refractivity contribution in [2.75, 3.05) is 13.2 Å². The van der Waals surface area contributed by atoms with Crippen LogP contribution in [-0.2, 0) is 0 Å². The summed E-state index contributed by atoms with van der Waals surface area (Å²) in [6, 6.07) is 2.44. The summed E-state index contributed by atoms with van der Waals surface area (Å²) in [7, 11) is 0. The molecule has 4 N–H and O–H groups in total. The molecular weight excluding hydrogens is 226 g/mol. The van der Waals surface area contributed by atoms with Gasteiger partial charge in [-0.2, -0.15) is 5.10 Å². The smallest absolute Gasteiger partial charge is 0.272 e. The lowest BCUT2D eigenvalue weighted by atomic mass is 9.98. The Bertz CT molecular complexity index is 411. The van der Waals surface area contributed by atoms with Crippen LogP contribution in [0.15, 0.2) is 16.9 Å². The first-order chi connectivity index (χ1) is 8.06. The maximum absolute atomic E-state index is 11.7. The molecule has 0 aliphatic carbocycles. The third kappa shape index (κ3) is 3.11. The highest BCUT2D eigenvalue weighted by atomic mass is 16.3. The average Bonchev–Trinajstić information content (AvgIpc) is 2.37. The third-order valence-corrected chi connectivity index (χ3v) is 2.57. The Morgan fingerprint density at radius 2 is 2.12 bits per heavy atom.